The van der Waals surface area contributed by atoms with Gasteiger partial charge in [0.05, 0.1) is 0 Å². The molecule has 0 spiro atoms. The summed E-state index contributed by atoms with van der Waals surface area (Å²) in [6, 6.07) is 0. The molecule has 17 heavy (non-hydrogen) atoms. The number of dihydropyridines is 1. The molecule has 0 fully saturated rings. The number of rotatable bonds is 7. The van der Waals surface area contributed by atoms with Crippen molar-refractivity contribution in [3.63, 3.8) is 0 Å². The fourth-order valence-electron chi connectivity index (χ4n) is 1.81. The molecule has 3 unspecified atom stereocenters. The number of hydrogen-bond acceptors (Lipinski definition) is 3. The lowest BCUT2D eigenvalue weighted by atomic mass is 10.1. The summed E-state index contributed by atoms with van der Waals surface area (Å²) < 4.78 is 5.54. The average molecular weight is 254 g/mol. The maximum atomic E-state index is 5.54. The largest absolute Gasteiger partial charge is 0.472 e. The van der Waals surface area contributed by atoms with E-state index in [4.69, 9.17) is 10.5 Å². The number of hydrogen-bond donors (Lipinski definition) is 1. The molecule has 2 N–H and O–H groups in total. The SMILES string of the molecule is C=C(N)OC(CC)PC(CC)C1=NCCC=C1. The summed E-state index contributed by atoms with van der Waals surface area (Å²) >= 11 is 0. The Kier molecular flexibility index (Phi) is 6.28. The van der Waals surface area contributed by atoms with Crippen LogP contribution in [-0.4, -0.2) is 23.8 Å². The minimum absolute atomic E-state index is 0.176. The Morgan fingerprint density at radius 2 is 2.35 bits per heavy atom. The second kappa shape index (κ2) is 7.50. The molecule has 1 rings (SSSR count). The molecule has 0 aromatic rings. The van der Waals surface area contributed by atoms with E-state index < -0.39 is 0 Å². The molecule has 0 saturated heterocycles. The van der Waals surface area contributed by atoms with Crippen molar-refractivity contribution < 1.29 is 4.74 Å². The van der Waals surface area contributed by atoms with Crippen LogP contribution < -0.4 is 5.73 Å². The van der Waals surface area contributed by atoms with Gasteiger partial charge in [0.1, 0.15) is 5.85 Å². The van der Waals surface area contributed by atoms with Gasteiger partial charge in [-0.15, -0.1) is 0 Å². The van der Waals surface area contributed by atoms with E-state index in [0.29, 0.717) is 20.1 Å². The van der Waals surface area contributed by atoms with E-state index in [-0.39, 0.29) is 5.85 Å². The maximum absolute atomic E-state index is 5.54. The molecule has 0 bridgehead atoms. The lowest BCUT2D eigenvalue weighted by Crippen LogP contribution is -2.20. The molecule has 0 aromatic carbocycles. The molecular weight excluding hydrogens is 231 g/mol. The van der Waals surface area contributed by atoms with Crippen molar-refractivity contribution in [3.8, 4) is 0 Å². The van der Waals surface area contributed by atoms with Gasteiger partial charge in [0, 0.05) is 17.9 Å². The number of ether oxygens (including phenoxy) is 1. The van der Waals surface area contributed by atoms with Crippen LogP contribution in [0.5, 0.6) is 0 Å². The van der Waals surface area contributed by atoms with Gasteiger partial charge in [-0.2, -0.15) is 0 Å². The van der Waals surface area contributed by atoms with Gasteiger partial charge in [0.15, 0.2) is 5.88 Å². The molecule has 96 valence electrons. The van der Waals surface area contributed by atoms with Gasteiger partial charge >= 0.3 is 0 Å². The fraction of sp³-hybridized carbons (Fsp3) is 0.615. The zero-order valence-corrected chi connectivity index (χ0v) is 11.8. The molecule has 3 atom stereocenters. The van der Waals surface area contributed by atoms with Crippen LogP contribution >= 0.6 is 8.58 Å². The summed E-state index contributed by atoms with van der Waals surface area (Å²) in [5, 5.41) is 0. The molecule has 0 amide bonds. The molecule has 1 aliphatic rings. The zero-order chi connectivity index (χ0) is 12.7. The third kappa shape index (κ3) is 4.91. The van der Waals surface area contributed by atoms with E-state index in [0.717, 1.165) is 25.8 Å². The molecule has 3 nitrogen and oxygen atoms in total. The maximum Gasteiger partial charge on any atom is 0.177 e. The van der Waals surface area contributed by atoms with Crippen molar-refractivity contribution in [1.29, 1.82) is 0 Å². The summed E-state index contributed by atoms with van der Waals surface area (Å²) in [7, 11) is 0.693. The first-order chi connectivity index (χ1) is 8.17. The third-order valence-electron chi connectivity index (χ3n) is 2.70. The normalized spacial score (nSPS) is 19.1. The summed E-state index contributed by atoms with van der Waals surface area (Å²) in [4.78, 5) is 4.59. The highest BCUT2D eigenvalue weighted by atomic mass is 31.1. The highest BCUT2D eigenvalue weighted by Gasteiger charge is 2.19. The van der Waals surface area contributed by atoms with E-state index >= 15 is 0 Å². The molecule has 1 heterocycles. The van der Waals surface area contributed by atoms with Gasteiger partial charge in [-0.1, -0.05) is 28.5 Å². The van der Waals surface area contributed by atoms with E-state index in [2.05, 4.69) is 37.6 Å². The van der Waals surface area contributed by atoms with Crippen molar-refractivity contribution in [2.45, 2.75) is 44.6 Å². The first-order valence-electron chi connectivity index (χ1n) is 6.25. The summed E-state index contributed by atoms with van der Waals surface area (Å²) in [6.07, 6.45) is 7.49. The Labute approximate surface area is 106 Å². The number of nitrogens with two attached hydrogens (primary N) is 1. The first-order valence-corrected chi connectivity index (χ1v) is 7.40. The minimum Gasteiger partial charge on any atom is -0.472 e. The molecule has 0 aliphatic carbocycles. The van der Waals surface area contributed by atoms with Gasteiger partial charge in [-0.05, 0) is 31.9 Å². The lowest BCUT2D eigenvalue weighted by Gasteiger charge is -2.24. The van der Waals surface area contributed by atoms with Crippen LogP contribution in [0.25, 0.3) is 0 Å². The smallest absolute Gasteiger partial charge is 0.177 e. The van der Waals surface area contributed by atoms with Gasteiger partial charge in [0.25, 0.3) is 0 Å². The summed E-state index contributed by atoms with van der Waals surface area (Å²) in [5.41, 5.74) is 7.23. The van der Waals surface area contributed by atoms with Gasteiger partial charge in [0.2, 0.25) is 0 Å². The van der Waals surface area contributed by atoms with Gasteiger partial charge < -0.3 is 10.5 Å². The predicted octanol–water partition coefficient (Wildman–Crippen LogP) is 3.03. The fourth-order valence-corrected chi connectivity index (χ4v) is 3.30. The van der Waals surface area contributed by atoms with Crippen molar-refractivity contribution in [2.24, 2.45) is 10.7 Å². The standard InChI is InChI=1S/C13H23N2OP/c1-4-12(11-8-6-7-9-15-11)17-13(5-2)16-10(3)14/h6,8,12-13,17H,3-5,7,9,14H2,1-2H3. The number of aliphatic imine (C=N–C) groups is 1. The van der Waals surface area contributed by atoms with Crippen molar-refractivity contribution >= 4 is 14.3 Å². The van der Waals surface area contributed by atoms with Crippen LogP contribution in [0.3, 0.4) is 0 Å². The number of nitrogens with zero attached hydrogens (tertiary/aromatic N) is 1. The van der Waals surface area contributed by atoms with Crippen LogP contribution in [0.15, 0.2) is 29.6 Å². The molecule has 0 radical (unpaired) electrons. The first kappa shape index (κ1) is 14.2. The van der Waals surface area contributed by atoms with E-state index in [1.165, 1.54) is 5.71 Å². The Morgan fingerprint density at radius 1 is 1.59 bits per heavy atom. The highest BCUT2D eigenvalue weighted by molar-refractivity contribution is 7.41. The second-order valence-corrected chi connectivity index (χ2v) is 5.78. The number of allylic oxidation sites excluding steroid dienone is 1. The topological polar surface area (TPSA) is 47.6 Å². The van der Waals surface area contributed by atoms with Crippen LogP contribution in [0.1, 0.15) is 33.1 Å². The van der Waals surface area contributed by atoms with Crippen molar-refractivity contribution in [3.05, 3.63) is 24.6 Å². The van der Waals surface area contributed by atoms with Crippen molar-refractivity contribution in [2.75, 3.05) is 6.54 Å². The molecule has 0 aromatic heterocycles. The van der Waals surface area contributed by atoms with E-state index in [9.17, 15) is 0 Å². The molecule has 4 heteroatoms. The van der Waals surface area contributed by atoms with Crippen LogP contribution in [0, 0.1) is 0 Å². The average Bonchev–Trinajstić information content (AvgIpc) is 2.35. The van der Waals surface area contributed by atoms with Crippen molar-refractivity contribution in [1.82, 2.24) is 0 Å². The third-order valence-corrected chi connectivity index (χ3v) is 4.70. The van der Waals surface area contributed by atoms with E-state index in [1.807, 2.05) is 0 Å². The Balaban J connectivity index is 2.58. The predicted molar refractivity (Wildman–Crippen MR) is 76.9 cm³/mol. The highest BCUT2D eigenvalue weighted by Crippen LogP contribution is 2.33. The van der Waals surface area contributed by atoms with Gasteiger partial charge in [-0.25, -0.2) is 0 Å². The lowest BCUT2D eigenvalue weighted by molar-refractivity contribution is 0.179. The minimum atomic E-state index is 0.176. The molecular formula is C13H23N2OP. The quantitative estimate of drug-likeness (QED) is 0.560. The zero-order valence-electron chi connectivity index (χ0n) is 10.8. The molecule has 1 aliphatic heterocycles. The van der Waals surface area contributed by atoms with E-state index in [1.54, 1.807) is 0 Å². The molecule has 0 saturated carbocycles. The van der Waals surface area contributed by atoms with Crippen LogP contribution in [0.2, 0.25) is 0 Å². The van der Waals surface area contributed by atoms with Crippen LogP contribution in [0.4, 0.5) is 0 Å². The summed E-state index contributed by atoms with van der Waals surface area (Å²) in [5.74, 6) is 0.496. The second-order valence-electron chi connectivity index (χ2n) is 4.11. The van der Waals surface area contributed by atoms with Crippen LogP contribution in [-0.2, 0) is 4.74 Å². The summed E-state index contributed by atoms with van der Waals surface area (Å²) in [6.45, 7) is 8.85. The Bertz CT molecular complexity index is 313. The van der Waals surface area contributed by atoms with Gasteiger partial charge in [-0.3, -0.25) is 4.99 Å². The monoisotopic (exact) mass is 254 g/mol. The Hall–Kier alpha value is -0.820. The Morgan fingerprint density at radius 3 is 2.82 bits per heavy atom.